The lowest BCUT2D eigenvalue weighted by Crippen LogP contribution is -2.26. The second-order valence-corrected chi connectivity index (χ2v) is 4.86. The van der Waals surface area contributed by atoms with E-state index in [0.717, 1.165) is 11.4 Å². The third-order valence-corrected chi connectivity index (χ3v) is 3.32. The van der Waals surface area contributed by atoms with Crippen molar-refractivity contribution < 1.29 is 9.53 Å². The highest BCUT2D eigenvalue weighted by atomic mass is 16.5. The van der Waals surface area contributed by atoms with Gasteiger partial charge < -0.3 is 15.4 Å². The van der Waals surface area contributed by atoms with E-state index >= 15 is 0 Å². The smallest absolute Gasteiger partial charge is 0.262 e. The number of fused-ring (bicyclic) bond motifs is 1. The van der Waals surface area contributed by atoms with Gasteiger partial charge in [0.2, 0.25) is 0 Å². The summed E-state index contributed by atoms with van der Waals surface area (Å²) in [6.45, 7) is 2.71. The molecule has 0 saturated heterocycles. The molecule has 0 bridgehead atoms. The highest BCUT2D eigenvalue weighted by Gasteiger charge is 2.17. The van der Waals surface area contributed by atoms with E-state index in [0.29, 0.717) is 18.0 Å². The van der Waals surface area contributed by atoms with Crippen molar-refractivity contribution in [3.63, 3.8) is 0 Å². The van der Waals surface area contributed by atoms with E-state index in [1.807, 2.05) is 18.2 Å². The zero-order chi connectivity index (χ0) is 14.7. The molecule has 1 aliphatic rings. The van der Waals surface area contributed by atoms with Crippen LogP contribution in [0.2, 0.25) is 0 Å². The molecule has 0 aliphatic carbocycles. The number of carbonyl (C=O) groups is 1. The van der Waals surface area contributed by atoms with Crippen LogP contribution in [0.3, 0.4) is 0 Å². The summed E-state index contributed by atoms with van der Waals surface area (Å²) in [5.41, 5.74) is 1.78. The maximum absolute atomic E-state index is 11.3. The number of hydrogen-bond acceptors (Lipinski definition) is 5. The second kappa shape index (κ2) is 5.88. The van der Waals surface area contributed by atoms with Crippen LogP contribution in [0.1, 0.15) is 24.4 Å². The number of nitrogens with one attached hydrogen (secondary N) is 2. The Morgan fingerprint density at radius 2 is 2.19 bits per heavy atom. The number of anilines is 1. The average molecular weight is 284 g/mol. The van der Waals surface area contributed by atoms with Gasteiger partial charge in [0.05, 0.1) is 12.2 Å². The van der Waals surface area contributed by atoms with Gasteiger partial charge in [0.25, 0.3) is 5.91 Å². The molecule has 21 heavy (non-hydrogen) atoms. The second-order valence-electron chi connectivity index (χ2n) is 4.86. The van der Waals surface area contributed by atoms with Crippen molar-refractivity contribution in [2.24, 2.45) is 0 Å². The fourth-order valence-corrected chi connectivity index (χ4v) is 2.15. The van der Waals surface area contributed by atoms with Gasteiger partial charge in [-0.3, -0.25) is 4.79 Å². The number of ether oxygens (including phenoxy) is 1. The van der Waals surface area contributed by atoms with Crippen LogP contribution in [0.5, 0.6) is 5.75 Å². The van der Waals surface area contributed by atoms with Crippen molar-refractivity contribution in [3.05, 3.63) is 48.0 Å². The molecular formula is C15H16N4O2. The molecule has 6 nitrogen and oxygen atoms in total. The molecule has 2 heterocycles. The van der Waals surface area contributed by atoms with Crippen LogP contribution in [0.4, 0.5) is 5.69 Å². The van der Waals surface area contributed by atoms with E-state index < -0.39 is 0 Å². The molecule has 1 aromatic carbocycles. The predicted molar refractivity (Wildman–Crippen MR) is 77.9 cm³/mol. The first kappa shape index (κ1) is 13.5. The monoisotopic (exact) mass is 284 g/mol. The van der Waals surface area contributed by atoms with E-state index in [9.17, 15) is 4.79 Å². The van der Waals surface area contributed by atoms with Gasteiger partial charge in [-0.2, -0.15) is 0 Å². The third kappa shape index (κ3) is 3.17. The lowest BCUT2D eigenvalue weighted by molar-refractivity contribution is -0.118. The van der Waals surface area contributed by atoms with Gasteiger partial charge in [-0.1, -0.05) is 6.07 Å². The zero-order valence-electron chi connectivity index (χ0n) is 11.7. The summed E-state index contributed by atoms with van der Waals surface area (Å²) in [5, 5.41) is 6.17. The van der Waals surface area contributed by atoms with Crippen LogP contribution in [0, 0.1) is 0 Å². The van der Waals surface area contributed by atoms with E-state index in [4.69, 9.17) is 4.74 Å². The van der Waals surface area contributed by atoms with Gasteiger partial charge >= 0.3 is 0 Å². The van der Waals surface area contributed by atoms with Crippen molar-refractivity contribution in [2.75, 3.05) is 11.9 Å². The molecule has 0 unspecified atom stereocenters. The highest BCUT2D eigenvalue weighted by molar-refractivity contribution is 5.95. The summed E-state index contributed by atoms with van der Waals surface area (Å²) >= 11 is 0. The van der Waals surface area contributed by atoms with Crippen LogP contribution in [-0.2, 0) is 11.3 Å². The fourth-order valence-electron chi connectivity index (χ4n) is 2.15. The number of benzene rings is 1. The van der Waals surface area contributed by atoms with E-state index in [2.05, 4.69) is 27.5 Å². The number of amides is 1. The molecule has 6 heteroatoms. The van der Waals surface area contributed by atoms with Crippen molar-refractivity contribution in [3.8, 4) is 5.75 Å². The van der Waals surface area contributed by atoms with Gasteiger partial charge in [-0.05, 0) is 30.7 Å². The number of rotatable bonds is 4. The Hall–Kier alpha value is -2.47. The molecule has 108 valence electrons. The largest absolute Gasteiger partial charge is 0.482 e. The molecule has 3 rings (SSSR count). The topological polar surface area (TPSA) is 76.1 Å². The van der Waals surface area contributed by atoms with Crippen LogP contribution < -0.4 is 15.4 Å². The first-order valence-corrected chi connectivity index (χ1v) is 6.78. The van der Waals surface area contributed by atoms with Crippen molar-refractivity contribution in [2.45, 2.75) is 19.5 Å². The van der Waals surface area contributed by atoms with Gasteiger partial charge in [0.15, 0.2) is 6.61 Å². The molecule has 1 aromatic heterocycles. The van der Waals surface area contributed by atoms with Gasteiger partial charge in [0.1, 0.15) is 11.6 Å². The number of aromatic nitrogens is 2. The zero-order valence-corrected chi connectivity index (χ0v) is 11.7. The lowest BCUT2D eigenvalue weighted by atomic mass is 10.1. The average Bonchev–Trinajstić information content (AvgIpc) is 2.53. The summed E-state index contributed by atoms with van der Waals surface area (Å²) in [7, 11) is 0. The summed E-state index contributed by atoms with van der Waals surface area (Å²) in [5.74, 6) is 1.33. The molecular weight excluding hydrogens is 268 g/mol. The SMILES string of the molecule is C[C@H](NCc1ncccn1)c1ccc2c(c1)NC(=O)CO2. The molecule has 0 saturated carbocycles. The normalized spacial score (nSPS) is 14.8. The minimum absolute atomic E-state index is 0.0749. The number of nitrogens with zero attached hydrogens (tertiary/aromatic N) is 2. The summed E-state index contributed by atoms with van der Waals surface area (Å²) < 4.78 is 5.35. The molecule has 1 atom stereocenters. The van der Waals surface area contributed by atoms with E-state index in [1.54, 1.807) is 18.5 Å². The van der Waals surface area contributed by atoms with Crippen LogP contribution in [0.15, 0.2) is 36.7 Å². The van der Waals surface area contributed by atoms with Crippen LogP contribution in [0.25, 0.3) is 0 Å². The Labute approximate surface area is 122 Å². The molecule has 0 radical (unpaired) electrons. The Morgan fingerprint density at radius 3 is 3.00 bits per heavy atom. The van der Waals surface area contributed by atoms with Gasteiger partial charge in [-0.25, -0.2) is 9.97 Å². The van der Waals surface area contributed by atoms with Crippen molar-refractivity contribution >= 4 is 11.6 Å². The van der Waals surface area contributed by atoms with Crippen LogP contribution in [-0.4, -0.2) is 22.5 Å². The minimum Gasteiger partial charge on any atom is -0.482 e. The first-order valence-electron chi connectivity index (χ1n) is 6.78. The van der Waals surface area contributed by atoms with Gasteiger partial charge in [-0.15, -0.1) is 0 Å². The first-order chi connectivity index (χ1) is 10.2. The number of hydrogen-bond donors (Lipinski definition) is 2. The third-order valence-electron chi connectivity index (χ3n) is 3.32. The van der Waals surface area contributed by atoms with Crippen molar-refractivity contribution in [1.29, 1.82) is 0 Å². The molecule has 1 amide bonds. The predicted octanol–water partition coefficient (Wildman–Crippen LogP) is 1.66. The van der Waals surface area contributed by atoms with Crippen LogP contribution >= 0.6 is 0 Å². The summed E-state index contributed by atoms with van der Waals surface area (Å²) in [6.07, 6.45) is 3.45. The minimum atomic E-state index is -0.127. The molecule has 0 spiro atoms. The Kier molecular flexibility index (Phi) is 3.79. The van der Waals surface area contributed by atoms with Gasteiger partial charge in [0, 0.05) is 18.4 Å². The fraction of sp³-hybridized carbons (Fsp3) is 0.267. The molecule has 2 aromatic rings. The highest BCUT2D eigenvalue weighted by Crippen LogP contribution is 2.30. The number of carbonyl (C=O) groups excluding carboxylic acids is 1. The lowest BCUT2D eigenvalue weighted by Gasteiger charge is -2.20. The summed E-state index contributed by atoms with van der Waals surface area (Å²) in [6, 6.07) is 7.69. The van der Waals surface area contributed by atoms with E-state index in [1.165, 1.54) is 0 Å². The quantitative estimate of drug-likeness (QED) is 0.893. The molecule has 2 N–H and O–H groups in total. The summed E-state index contributed by atoms with van der Waals surface area (Å²) in [4.78, 5) is 19.7. The molecule has 0 fully saturated rings. The maximum atomic E-state index is 11.3. The standard InChI is InChI=1S/C15H16N4O2/c1-10(18-8-14-16-5-2-6-17-14)11-3-4-13-12(7-11)19-15(20)9-21-13/h2-7,10,18H,8-9H2,1H3,(H,19,20)/t10-/m0/s1. The van der Waals surface area contributed by atoms with Crippen molar-refractivity contribution in [1.82, 2.24) is 15.3 Å². The maximum Gasteiger partial charge on any atom is 0.262 e. The Bertz CT molecular complexity index is 645. The van der Waals surface area contributed by atoms with E-state index in [-0.39, 0.29) is 18.6 Å². The Morgan fingerprint density at radius 1 is 1.38 bits per heavy atom. The molecule has 1 aliphatic heterocycles. The Balaban J connectivity index is 1.69.